The summed E-state index contributed by atoms with van der Waals surface area (Å²) in [6, 6.07) is 160. The Bertz CT molecular complexity index is 9180. The topological polar surface area (TPSA) is 95.2 Å². The summed E-state index contributed by atoms with van der Waals surface area (Å²) in [6.45, 7) is 0. The fourth-order valence-electron chi connectivity index (χ4n) is 21.2. The standard InChI is InChI=1S/C35H22N2.3C32H20N2/c1-2-11-27-26(10-1)28-17-16-24(21-32(28)29-18-19-36-22-33(27)29)23-8-7-9-25(20-23)37-34-14-5-3-12-30(34)31-13-4-6-15-35(31)37;1-4-11-31-21(6-1)13-15-32(34-31)24-8-5-7-22(18-24)23-12-14-27-28-16-17-33-20-30(28)26-10-3-2-9-25(26)29(27)19-23;1-4-11-31-21(6-1)13-15-32(34-31)24-8-5-7-22(18-24)23-12-14-27-29(19-23)26-10-3-2-9-25(26)28-16-17-33-20-30(27)28;1-4-11-31-21(6-1)13-15-32(34-31)24-8-5-7-22(18-24)23-12-14-27-25-9-2-3-10-26(25)28-16-17-33-20-30(28)29(27)19-23/h1-22H;3*1-20H. The molecule has 0 saturated heterocycles. The van der Waals surface area contributed by atoms with E-state index in [0.29, 0.717) is 0 Å². The van der Waals surface area contributed by atoms with Crippen molar-refractivity contribution in [1.29, 1.82) is 0 Å². The van der Waals surface area contributed by atoms with Crippen molar-refractivity contribution in [2.45, 2.75) is 0 Å². The van der Waals surface area contributed by atoms with E-state index in [-0.39, 0.29) is 0 Å². The molecule has 0 saturated carbocycles. The zero-order valence-corrected chi connectivity index (χ0v) is 75.4. The highest BCUT2D eigenvalue weighted by atomic mass is 15.0. The molecule has 21 aromatic carbocycles. The quantitative estimate of drug-likeness (QED) is 0.140. The van der Waals surface area contributed by atoms with E-state index in [1.807, 2.05) is 86.0 Å². The van der Waals surface area contributed by atoms with E-state index in [1.165, 1.54) is 201 Å². The predicted molar refractivity (Wildman–Crippen MR) is 585 cm³/mol. The van der Waals surface area contributed by atoms with Gasteiger partial charge in [-0.3, -0.25) is 19.9 Å². The first-order valence-corrected chi connectivity index (χ1v) is 47.1. The summed E-state index contributed by atoms with van der Waals surface area (Å²) >= 11 is 0. The summed E-state index contributed by atoms with van der Waals surface area (Å²) in [5.74, 6) is 0. The van der Waals surface area contributed by atoms with Crippen LogP contribution in [0, 0.1) is 0 Å². The minimum absolute atomic E-state index is 0.988. The molecule has 8 heterocycles. The molecule has 29 rings (SSSR count). The van der Waals surface area contributed by atoms with E-state index >= 15 is 0 Å². The molecular weight excluding hydrogens is 1690 g/mol. The molecule has 8 heteroatoms. The van der Waals surface area contributed by atoms with Gasteiger partial charge in [-0.2, -0.15) is 0 Å². The second-order valence-electron chi connectivity index (χ2n) is 35.7. The molecule has 0 N–H and O–H groups in total. The number of para-hydroxylation sites is 5. The number of aromatic nitrogens is 8. The number of hydrogen-bond acceptors (Lipinski definition) is 7. The maximum absolute atomic E-state index is 4.90. The summed E-state index contributed by atoms with van der Waals surface area (Å²) in [4.78, 5) is 32.4. The number of pyridine rings is 7. The van der Waals surface area contributed by atoms with E-state index in [1.54, 1.807) is 0 Å². The van der Waals surface area contributed by atoms with Crippen molar-refractivity contribution >= 4 is 184 Å². The predicted octanol–water partition coefficient (Wildman–Crippen LogP) is 34.6. The molecule has 8 nitrogen and oxygen atoms in total. The van der Waals surface area contributed by atoms with Crippen molar-refractivity contribution in [1.82, 2.24) is 39.5 Å². The second-order valence-corrected chi connectivity index (χ2v) is 35.7. The lowest BCUT2D eigenvalue weighted by molar-refractivity contribution is 1.18. The molecule has 0 fully saturated rings. The fourth-order valence-corrected chi connectivity index (χ4v) is 21.2. The first-order valence-electron chi connectivity index (χ1n) is 47.1. The van der Waals surface area contributed by atoms with Gasteiger partial charge in [0.25, 0.3) is 0 Å². The Kier molecular flexibility index (Phi) is 20.1. The van der Waals surface area contributed by atoms with E-state index in [0.717, 1.165) is 66.5 Å². The second kappa shape index (κ2) is 34.4. The molecule has 646 valence electrons. The highest BCUT2D eigenvalue weighted by Gasteiger charge is 2.20. The maximum Gasteiger partial charge on any atom is 0.0709 e. The van der Waals surface area contributed by atoms with Crippen LogP contribution in [0.1, 0.15) is 0 Å². The summed E-state index contributed by atoms with van der Waals surface area (Å²) in [7, 11) is 0. The number of hydrogen-bond donors (Lipinski definition) is 0. The zero-order chi connectivity index (χ0) is 91.8. The molecule has 8 aromatic heterocycles. The Morgan fingerprint density at radius 3 is 0.712 bits per heavy atom. The van der Waals surface area contributed by atoms with Gasteiger partial charge >= 0.3 is 0 Å². The molecule has 0 amide bonds. The molecule has 0 aliphatic carbocycles. The van der Waals surface area contributed by atoms with Gasteiger partial charge in [0.05, 0.1) is 44.7 Å². The zero-order valence-electron chi connectivity index (χ0n) is 75.4. The largest absolute Gasteiger partial charge is 0.309 e. The average Bonchev–Trinajstić information content (AvgIpc) is 1.75. The van der Waals surface area contributed by atoms with Gasteiger partial charge in [-0.1, -0.05) is 322 Å². The smallest absolute Gasteiger partial charge is 0.0709 e. The van der Waals surface area contributed by atoms with Gasteiger partial charge in [0.1, 0.15) is 0 Å². The summed E-state index contributed by atoms with van der Waals surface area (Å²) in [5.41, 5.74) is 22.6. The Hall–Kier alpha value is -18.6. The van der Waals surface area contributed by atoms with Gasteiger partial charge < -0.3 is 4.57 Å². The third-order valence-corrected chi connectivity index (χ3v) is 27.8. The number of benzene rings is 21. The maximum atomic E-state index is 4.90. The van der Waals surface area contributed by atoms with Crippen molar-refractivity contribution < 1.29 is 0 Å². The first-order chi connectivity index (χ1) is 68.9. The molecule has 139 heavy (non-hydrogen) atoms. The average molecular weight is 1770 g/mol. The fraction of sp³-hybridized carbons (Fsp3) is 0. The molecule has 0 radical (unpaired) electrons. The lowest BCUT2D eigenvalue weighted by Gasteiger charge is -2.13. The van der Waals surface area contributed by atoms with Crippen LogP contribution in [0.4, 0.5) is 0 Å². The van der Waals surface area contributed by atoms with Crippen LogP contribution in [0.25, 0.3) is 268 Å². The third kappa shape index (κ3) is 14.6. The third-order valence-electron chi connectivity index (χ3n) is 27.8. The highest BCUT2D eigenvalue weighted by Crippen LogP contribution is 2.45. The highest BCUT2D eigenvalue weighted by molar-refractivity contribution is 6.30. The minimum Gasteiger partial charge on any atom is -0.309 e. The van der Waals surface area contributed by atoms with Crippen LogP contribution in [-0.2, 0) is 0 Å². The summed E-state index contributed by atoms with van der Waals surface area (Å²) in [6.07, 6.45) is 15.5. The van der Waals surface area contributed by atoms with Crippen molar-refractivity contribution in [2.75, 3.05) is 0 Å². The Morgan fingerprint density at radius 1 is 0.137 bits per heavy atom. The normalized spacial score (nSPS) is 11.6. The first kappa shape index (κ1) is 81.2. The summed E-state index contributed by atoms with van der Waals surface area (Å²) in [5, 5.41) is 35.9. The van der Waals surface area contributed by atoms with Crippen molar-refractivity contribution in [3.8, 4) is 84.0 Å². The number of nitrogens with zero attached hydrogens (tertiary/aromatic N) is 8. The number of fused-ring (bicyclic) bond motifs is 30. The molecule has 0 atom stereocenters. The van der Waals surface area contributed by atoms with Crippen molar-refractivity contribution in [3.05, 3.63) is 498 Å². The molecule has 0 aliphatic rings. The van der Waals surface area contributed by atoms with E-state index < -0.39 is 0 Å². The molecule has 0 spiro atoms. The van der Waals surface area contributed by atoms with Crippen LogP contribution in [0.5, 0.6) is 0 Å². The van der Waals surface area contributed by atoms with Crippen molar-refractivity contribution in [3.63, 3.8) is 0 Å². The molecular formula is C131H82N8. The van der Waals surface area contributed by atoms with E-state index in [2.05, 4.69) is 437 Å². The van der Waals surface area contributed by atoms with Gasteiger partial charge in [0.2, 0.25) is 0 Å². The number of rotatable bonds is 8. The Morgan fingerprint density at radius 2 is 0.367 bits per heavy atom. The minimum atomic E-state index is 0.988. The van der Waals surface area contributed by atoms with Crippen LogP contribution in [-0.4, -0.2) is 39.5 Å². The monoisotopic (exact) mass is 1770 g/mol. The van der Waals surface area contributed by atoms with Crippen LogP contribution in [0.3, 0.4) is 0 Å². The van der Waals surface area contributed by atoms with Crippen LogP contribution in [0.2, 0.25) is 0 Å². The van der Waals surface area contributed by atoms with Gasteiger partial charge in [-0.25, -0.2) is 15.0 Å². The molecule has 0 unspecified atom stereocenters. The van der Waals surface area contributed by atoms with Crippen LogP contribution >= 0.6 is 0 Å². The lowest BCUT2D eigenvalue weighted by atomic mass is 9.92. The van der Waals surface area contributed by atoms with Gasteiger partial charge in [-0.15, -0.1) is 0 Å². The Balaban J connectivity index is 0.0000000956. The van der Waals surface area contributed by atoms with Crippen molar-refractivity contribution in [2.24, 2.45) is 0 Å². The molecule has 29 aromatic rings. The molecule has 0 aliphatic heterocycles. The SMILES string of the molecule is c1cc(-c2ccc3c4ccccc4c4ccncc4c3c2)cc(-c2ccc3ccccc3n2)c1.c1cc(-c2ccc3c4ccccc4c4cnccc4c3c2)cc(-n2c3ccccc3c3ccccc32)c1.c1cc(-c2ccc3c4ccncc4c4ccccc4c3c2)cc(-c2ccc3ccccc3n2)c1.c1cc(-c2ccc3c4cnccc4c4ccccc4c3c2)cc(-c2ccc3ccccc3n2)c1. The van der Waals surface area contributed by atoms with E-state index in [4.69, 9.17) is 15.0 Å². The lowest BCUT2D eigenvalue weighted by Crippen LogP contribution is -1.94. The van der Waals surface area contributed by atoms with Gasteiger partial charge in [-0.05, 0) is 280 Å². The van der Waals surface area contributed by atoms with Gasteiger partial charge in [0, 0.05) is 120 Å². The van der Waals surface area contributed by atoms with Gasteiger partial charge in [0.15, 0.2) is 0 Å². The van der Waals surface area contributed by atoms with E-state index in [9.17, 15) is 0 Å². The Labute approximate surface area is 800 Å². The van der Waals surface area contributed by atoms with Crippen LogP contribution < -0.4 is 0 Å². The molecule has 0 bridgehead atoms. The summed E-state index contributed by atoms with van der Waals surface area (Å²) < 4.78 is 2.38. The van der Waals surface area contributed by atoms with Crippen LogP contribution in [0.15, 0.2) is 498 Å².